The highest BCUT2D eigenvalue weighted by molar-refractivity contribution is 7.99. The summed E-state index contributed by atoms with van der Waals surface area (Å²) in [4.78, 5) is 17.9. The number of thiazole rings is 1. The first-order valence-electron chi connectivity index (χ1n) is 11.0. The number of aromatic nitrogens is 1. The van der Waals surface area contributed by atoms with Crippen LogP contribution in [-0.2, 0) is 17.4 Å². The molecule has 1 aliphatic rings. The number of rotatable bonds is 7. The predicted octanol–water partition coefficient (Wildman–Crippen LogP) is 7.20. The second kappa shape index (κ2) is 10.4. The van der Waals surface area contributed by atoms with Crippen LogP contribution in [0, 0.1) is 6.92 Å². The van der Waals surface area contributed by atoms with E-state index in [1.165, 1.54) is 17.0 Å². The number of carboxylic acids is 1. The second-order valence-electron chi connectivity index (χ2n) is 8.27. The zero-order valence-corrected chi connectivity index (χ0v) is 20.2. The van der Waals surface area contributed by atoms with E-state index in [4.69, 9.17) is 14.8 Å². The summed E-state index contributed by atoms with van der Waals surface area (Å²) in [5, 5.41) is 9.56. The third-order valence-corrected chi connectivity index (χ3v) is 8.06. The lowest BCUT2D eigenvalue weighted by Crippen LogP contribution is -2.10. The molecule has 0 saturated carbocycles. The Morgan fingerprint density at radius 1 is 1.21 bits per heavy atom. The van der Waals surface area contributed by atoms with Crippen LogP contribution < -0.4 is 4.74 Å². The summed E-state index contributed by atoms with van der Waals surface area (Å²) in [5.74, 6) is 0.660. The van der Waals surface area contributed by atoms with E-state index in [2.05, 4.69) is 0 Å². The first-order valence-corrected chi connectivity index (χ1v) is 12.8. The number of aliphatic carboxylic acids is 1. The van der Waals surface area contributed by atoms with Gasteiger partial charge in [0.1, 0.15) is 10.8 Å². The maximum absolute atomic E-state index is 12.9. The number of thioether (sulfide) groups is 1. The quantitative estimate of drug-likeness (QED) is 0.271. The van der Waals surface area contributed by atoms with Crippen molar-refractivity contribution in [1.82, 2.24) is 4.98 Å². The van der Waals surface area contributed by atoms with Crippen LogP contribution in [0.3, 0.4) is 0 Å². The highest BCUT2D eigenvalue weighted by atomic mass is 32.2. The lowest BCUT2D eigenvalue weighted by atomic mass is 10.0. The number of nitrogens with zero attached hydrogens (tertiary/aromatic N) is 1. The van der Waals surface area contributed by atoms with Gasteiger partial charge in [0.05, 0.1) is 11.3 Å². The van der Waals surface area contributed by atoms with Crippen molar-refractivity contribution in [3.63, 3.8) is 0 Å². The second-order valence-corrected chi connectivity index (χ2v) is 10.4. The van der Waals surface area contributed by atoms with E-state index in [1.54, 1.807) is 29.2 Å². The zero-order valence-electron chi connectivity index (χ0n) is 18.5. The van der Waals surface area contributed by atoms with Crippen molar-refractivity contribution in [2.75, 3.05) is 12.4 Å². The van der Waals surface area contributed by atoms with Crippen molar-refractivity contribution in [3.8, 4) is 16.3 Å². The van der Waals surface area contributed by atoms with Gasteiger partial charge in [-0.1, -0.05) is 18.6 Å². The number of carboxylic acid groups (broad SMARTS) is 1. The number of halogens is 3. The number of carbonyl (C=O) groups is 1. The molecule has 3 aromatic rings. The lowest BCUT2D eigenvalue weighted by molar-refractivity contribution is -0.139. The normalized spacial score (nSPS) is 16.1. The van der Waals surface area contributed by atoms with Gasteiger partial charge in [-0.05, 0) is 62.1 Å². The average Bonchev–Trinajstić information content (AvgIpc) is 3.12. The Morgan fingerprint density at radius 3 is 2.65 bits per heavy atom. The fourth-order valence-corrected chi connectivity index (χ4v) is 6.31. The van der Waals surface area contributed by atoms with Gasteiger partial charge in [-0.25, -0.2) is 9.78 Å². The topological polar surface area (TPSA) is 59.4 Å². The maximum Gasteiger partial charge on any atom is 0.416 e. The van der Waals surface area contributed by atoms with Gasteiger partial charge in [0.2, 0.25) is 0 Å². The fraction of sp³-hybridized carbons (Fsp3) is 0.360. The van der Waals surface area contributed by atoms with Gasteiger partial charge in [-0.15, -0.1) is 23.1 Å². The van der Waals surface area contributed by atoms with Crippen LogP contribution in [0.25, 0.3) is 10.6 Å². The summed E-state index contributed by atoms with van der Waals surface area (Å²) in [6, 6.07) is 11.0. The summed E-state index contributed by atoms with van der Waals surface area (Å²) >= 11 is 3.31. The van der Waals surface area contributed by atoms with Crippen LogP contribution in [0.1, 0.15) is 46.9 Å². The molecule has 180 valence electrons. The van der Waals surface area contributed by atoms with Crippen LogP contribution >= 0.6 is 23.1 Å². The van der Waals surface area contributed by atoms with Crippen molar-refractivity contribution in [2.24, 2.45) is 0 Å². The molecule has 0 bridgehead atoms. The van der Waals surface area contributed by atoms with Gasteiger partial charge in [-0.2, -0.15) is 13.2 Å². The number of aryl methyl sites for hydroxylation is 2. The average molecular weight is 508 g/mol. The highest BCUT2D eigenvalue weighted by Gasteiger charge is 2.30. The van der Waals surface area contributed by atoms with Crippen molar-refractivity contribution < 1.29 is 27.8 Å². The van der Waals surface area contributed by atoms with E-state index in [-0.39, 0.29) is 12.5 Å². The Labute approximate surface area is 204 Å². The summed E-state index contributed by atoms with van der Waals surface area (Å²) in [7, 11) is 0. The predicted molar refractivity (Wildman–Crippen MR) is 128 cm³/mol. The van der Waals surface area contributed by atoms with Gasteiger partial charge in [0, 0.05) is 27.0 Å². The molecule has 1 atom stereocenters. The van der Waals surface area contributed by atoms with E-state index in [0.717, 1.165) is 64.7 Å². The van der Waals surface area contributed by atoms with Crippen molar-refractivity contribution in [1.29, 1.82) is 0 Å². The third-order valence-electron chi connectivity index (χ3n) is 5.73. The standard InChI is InChI=1S/C25H24F3NO3S2/c1-15-12-19(10-11-20(15)32-13-22(30)31)33-14-17-4-2-3-5-21-23(17)29-24(34-21)16-6-8-18(9-7-16)25(26,27)28/h6-12,17H,2-5,13-14H2,1H3,(H,30,31)/t17-/m1/s1. The highest BCUT2D eigenvalue weighted by Crippen LogP contribution is 2.40. The molecule has 0 radical (unpaired) electrons. The van der Waals surface area contributed by atoms with Gasteiger partial charge < -0.3 is 9.84 Å². The minimum atomic E-state index is -4.35. The number of ether oxygens (including phenoxy) is 1. The van der Waals surface area contributed by atoms with E-state index >= 15 is 0 Å². The minimum absolute atomic E-state index is 0.269. The summed E-state index contributed by atoms with van der Waals surface area (Å²) in [5.41, 5.74) is 2.01. The van der Waals surface area contributed by atoms with Crippen molar-refractivity contribution in [2.45, 2.75) is 49.6 Å². The molecule has 1 aliphatic carbocycles. The molecule has 0 fully saturated rings. The van der Waals surface area contributed by atoms with Crippen molar-refractivity contribution in [3.05, 3.63) is 64.2 Å². The molecule has 9 heteroatoms. The summed E-state index contributed by atoms with van der Waals surface area (Å²) in [6.07, 6.45) is -0.180. The molecule has 1 heterocycles. The molecular formula is C25H24F3NO3S2. The molecule has 4 nitrogen and oxygen atoms in total. The smallest absolute Gasteiger partial charge is 0.416 e. The molecule has 0 unspecified atom stereocenters. The molecule has 4 rings (SSSR count). The van der Waals surface area contributed by atoms with Gasteiger partial charge >= 0.3 is 12.1 Å². The minimum Gasteiger partial charge on any atom is -0.482 e. The largest absolute Gasteiger partial charge is 0.482 e. The van der Waals surface area contributed by atoms with E-state index in [0.29, 0.717) is 11.3 Å². The Balaban J connectivity index is 1.48. The summed E-state index contributed by atoms with van der Waals surface area (Å²) < 4.78 is 44.0. The number of benzene rings is 2. The lowest BCUT2D eigenvalue weighted by Gasteiger charge is -2.14. The van der Waals surface area contributed by atoms with E-state index in [9.17, 15) is 18.0 Å². The molecule has 0 aliphatic heterocycles. The van der Waals surface area contributed by atoms with Gasteiger partial charge in [0.15, 0.2) is 6.61 Å². The SMILES string of the molecule is Cc1cc(SC[C@H]2CCCCc3sc(-c4ccc(C(F)(F)F)cc4)nc32)ccc1OCC(=O)O. The van der Waals surface area contributed by atoms with E-state index < -0.39 is 17.7 Å². The Hall–Kier alpha value is -2.52. The Bertz CT molecular complexity index is 1160. The fourth-order valence-electron chi connectivity index (χ4n) is 3.97. The molecular weight excluding hydrogens is 483 g/mol. The Kier molecular flexibility index (Phi) is 7.52. The third kappa shape index (κ3) is 5.93. The molecule has 2 aromatic carbocycles. The molecule has 34 heavy (non-hydrogen) atoms. The number of hydrogen-bond acceptors (Lipinski definition) is 5. The molecule has 0 saturated heterocycles. The monoisotopic (exact) mass is 507 g/mol. The first-order chi connectivity index (χ1) is 16.2. The maximum atomic E-state index is 12.9. The zero-order chi connectivity index (χ0) is 24.3. The van der Waals surface area contributed by atoms with Crippen LogP contribution in [0.2, 0.25) is 0 Å². The molecule has 0 amide bonds. The number of alkyl halides is 3. The van der Waals surface area contributed by atoms with Crippen LogP contribution in [0.15, 0.2) is 47.4 Å². The number of hydrogen-bond donors (Lipinski definition) is 1. The molecule has 1 aromatic heterocycles. The van der Waals surface area contributed by atoms with Crippen LogP contribution in [-0.4, -0.2) is 28.4 Å². The van der Waals surface area contributed by atoms with Crippen LogP contribution in [0.4, 0.5) is 13.2 Å². The first kappa shape index (κ1) is 24.6. The van der Waals surface area contributed by atoms with Crippen LogP contribution in [0.5, 0.6) is 5.75 Å². The number of fused-ring (bicyclic) bond motifs is 1. The molecule has 0 spiro atoms. The summed E-state index contributed by atoms with van der Waals surface area (Å²) in [6.45, 7) is 1.52. The molecule has 1 N–H and O–H groups in total. The van der Waals surface area contributed by atoms with Gasteiger partial charge in [-0.3, -0.25) is 0 Å². The van der Waals surface area contributed by atoms with E-state index in [1.807, 2.05) is 19.1 Å². The van der Waals surface area contributed by atoms with Gasteiger partial charge in [0.25, 0.3) is 0 Å². The Morgan fingerprint density at radius 2 is 1.97 bits per heavy atom. The van der Waals surface area contributed by atoms with Crippen molar-refractivity contribution >= 4 is 29.1 Å².